The van der Waals surface area contributed by atoms with E-state index < -0.39 is 21.7 Å². The molecule has 2 saturated heterocycles. The number of amides is 2. The minimum Gasteiger partial charge on any atom is -0.448 e. The molecule has 2 aromatic carbocycles. The highest BCUT2D eigenvalue weighted by molar-refractivity contribution is 7.90. The Bertz CT molecular complexity index is 1690. The molecule has 9 nitrogen and oxygen atoms in total. The van der Waals surface area contributed by atoms with Crippen LogP contribution in [0.2, 0.25) is 0 Å². The van der Waals surface area contributed by atoms with Crippen molar-refractivity contribution in [2.75, 3.05) is 6.54 Å². The van der Waals surface area contributed by atoms with E-state index in [1.165, 1.54) is 75.1 Å². The Morgan fingerprint density at radius 2 is 1.77 bits per heavy atom. The molecule has 3 heterocycles. The number of carbonyl (C=O) groups is 2. The summed E-state index contributed by atoms with van der Waals surface area (Å²) in [6.07, 6.45) is 15.9. The largest absolute Gasteiger partial charge is 0.448 e. The number of nitrogens with one attached hydrogen (secondary N) is 2. The number of aromatic nitrogens is 1. The van der Waals surface area contributed by atoms with E-state index in [0.29, 0.717) is 30.0 Å². The highest BCUT2D eigenvalue weighted by Crippen LogP contribution is 2.50. The maximum atomic E-state index is 14.5. The molecule has 1 aliphatic carbocycles. The van der Waals surface area contributed by atoms with Gasteiger partial charge >= 0.3 is 0 Å². The fourth-order valence-corrected chi connectivity index (χ4v) is 8.37. The summed E-state index contributed by atoms with van der Waals surface area (Å²) < 4.78 is 53.7. The number of nitrogens with zero attached hydrogens (tertiary/aromatic N) is 1. The Morgan fingerprint density at radius 3 is 2.57 bits per heavy atom. The SMILES string of the molecule is O=C(/C=C/c1ccc(F)cc1C[C@@H]1[C@H](c2nc(C(=O)NCCCCC3CCCCC3)co2)[C@H]2CC[C@@H]1O2)NS(=O)(=O)c1ccccc1. The molecule has 2 bridgehead atoms. The molecule has 3 aliphatic rings. The molecular formula is C36H42FN3O6S. The molecule has 1 aromatic heterocycles. The van der Waals surface area contributed by atoms with Crippen LogP contribution in [0, 0.1) is 17.7 Å². The lowest BCUT2D eigenvalue weighted by molar-refractivity contribution is -0.114. The first-order valence-electron chi connectivity index (χ1n) is 16.7. The molecule has 11 heteroatoms. The third kappa shape index (κ3) is 8.19. The quantitative estimate of drug-likeness (QED) is 0.162. The van der Waals surface area contributed by atoms with Crippen LogP contribution in [0.25, 0.3) is 6.08 Å². The smallest absolute Gasteiger partial charge is 0.273 e. The average molecular weight is 664 g/mol. The third-order valence-corrected chi connectivity index (χ3v) is 11.1. The van der Waals surface area contributed by atoms with Gasteiger partial charge in [-0.15, -0.1) is 0 Å². The van der Waals surface area contributed by atoms with Crippen molar-refractivity contribution in [3.05, 3.63) is 89.4 Å². The number of unbranched alkanes of at least 4 members (excludes halogenated alkanes) is 1. The van der Waals surface area contributed by atoms with Crippen LogP contribution < -0.4 is 10.0 Å². The predicted molar refractivity (Wildman–Crippen MR) is 174 cm³/mol. The standard InChI is InChI=1S/C36H42FN3O6S/c37-27-16-14-25(15-19-33(41)40-47(43,44)28-12-5-2-6-13-28)26(21-27)22-29-31-17-18-32(46-31)34(29)36-39-30(23-45-36)35(42)38-20-8-7-11-24-9-3-1-4-10-24/h2,5-6,12-16,19,21,23-24,29,31-32,34H,1,3-4,7-11,17-18,20,22H2,(H,38,42)(H,40,41)/b19-15+/t29-,31-,32+,34-/m0/s1. The number of benzene rings is 2. The van der Waals surface area contributed by atoms with Gasteiger partial charge in [-0.3, -0.25) is 9.59 Å². The van der Waals surface area contributed by atoms with Gasteiger partial charge in [0.15, 0.2) is 5.69 Å². The van der Waals surface area contributed by atoms with Gasteiger partial charge in [-0.1, -0.05) is 69.2 Å². The zero-order valence-corrected chi connectivity index (χ0v) is 27.2. The molecule has 4 atom stereocenters. The Morgan fingerprint density at radius 1 is 0.979 bits per heavy atom. The fraction of sp³-hybridized carbons (Fsp3) is 0.472. The molecule has 250 valence electrons. The molecular weight excluding hydrogens is 621 g/mol. The van der Waals surface area contributed by atoms with E-state index in [1.54, 1.807) is 24.3 Å². The lowest BCUT2D eigenvalue weighted by Gasteiger charge is -2.26. The van der Waals surface area contributed by atoms with Crippen molar-refractivity contribution >= 4 is 27.9 Å². The molecule has 6 rings (SSSR count). The van der Waals surface area contributed by atoms with Crippen molar-refractivity contribution in [2.24, 2.45) is 11.8 Å². The first-order chi connectivity index (χ1) is 22.8. The lowest BCUT2D eigenvalue weighted by atomic mass is 9.75. The Labute approximate surface area is 275 Å². The van der Waals surface area contributed by atoms with Gasteiger partial charge in [0.25, 0.3) is 21.8 Å². The summed E-state index contributed by atoms with van der Waals surface area (Å²) >= 11 is 0. The maximum Gasteiger partial charge on any atom is 0.273 e. The van der Waals surface area contributed by atoms with Crippen molar-refractivity contribution in [1.82, 2.24) is 15.0 Å². The number of carbonyl (C=O) groups excluding carboxylic acids is 2. The number of rotatable bonds is 13. The second kappa shape index (κ2) is 14.9. The summed E-state index contributed by atoms with van der Waals surface area (Å²) in [5.41, 5.74) is 1.46. The molecule has 0 radical (unpaired) electrons. The van der Waals surface area contributed by atoms with Crippen LogP contribution in [0.5, 0.6) is 0 Å². The molecule has 2 amide bonds. The van der Waals surface area contributed by atoms with E-state index in [0.717, 1.165) is 37.7 Å². The number of hydrogen-bond donors (Lipinski definition) is 2. The van der Waals surface area contributed by atoms with Crippen LogP contribution in [0.4, 0.5) is 4.39 Å². The molecule has 0 spiro atoms. The summed E-state index contributed by atoms with van der Waals surface area (Å²) in [6.45, 7) is 0.597. The molecule has 2 aliphatic heterocycles. The number of ether oxygens (including phenoxy) is 1. The van der Waals surface area contributed by atoms with Crippen molar-refractivity contribution in [1.29, 1.82) is 0 Å². The van der Waals surface area contributed by atoms with Crippen molar-refractivity contribution < 1.29 is 31.6 Å². The molecule has 1 saturated carbocycles. The first kappa shape index (κ1) is 33.1. The molecule has 3 fully saturated rings. The normalized spacial score (nSPS) is 22.9. The molecule has 2 N–H and O–H groups in total. The zero-order valence-electron chi connectivity index (χ0n) is 26.4. The van der Waals surface area contributed by atoms with Gasteiger partial charge in [-0.2, -0.15) is 0 Å². The second-order valence-electron chi connectivity index (χ2n) is 13.0. The van der Waals surface area contributed by atoms with Gasteiger partial charge in [0.05, 0.1) is 23.0 Å². The first-order valence-corrected chi connectivity index (χ1v) is 18.2. The van der Waals surface area contributed by atoms with E-state index in [1.807, 2.05) is 4.72 Å². The van der Waals surface area contributed by atoms with Gasteiger partial charge in [-0.25, -0.2) is 22.5 Å². The Balaban J connectivity index is 1.09. The third-order valence-electron chi connectivity index (χ3n) is 9.78. The zero-order chi connectivity index (χ0) is 32.8. The summed E-state index contributed by atoms with van der Waals surface area (Å²) in [4.78, 5) is 30.0. The van der Waals surface area contributed by atoms with Gasteiger partial charge in [0.1, 0.15) is 12.1 Å². The maximum absolute atomic E-state index is 14.5. The number of halogens is 1. The van der Waals surface area contributed by atoms with Crippen LogP contribution in [0.1, 0.15) is 97.6 Å². The molecule has 47 heavy (non-hydrogen) atoms. The minimum absolute atomic E-state index is 0.0245. The van der Waals surface area contributed by atoms with E-state index in [9.17, 15) is 22.4 Å². The second-order valence-corrected chi connectivity index (χ2v) is 14.7. The van der Waals surface area contributed by atoms with Gasteiger partial charge in [-0.05, 0) is 73.1 Å². The van der Waals surface area contributed by atoms with Crippen LogP contribution in [0.15, 0.2) is 70.2 Å². The highest BCUT2D eigenvalue weighted by Gasteiger charge is 2.51. The summed E-state index contributed by atoms with van der Waals surface area (Å²) in [7, 11) is -4.03. The van der Waals surface area contributed by atoms with Crippen LogP contribution in [0.3, 0.4) is 0 Å². The molecule has 0 unspecified atom stereocenters. The Hall–Kier alpha value is -3.83. The highest BCUT2D eigenvalue weighted by atomic mass is 32.2. The average Bonchev–Trinajstić information content (AvgIpc) is 3.82. The Kier molecular flexibility index (Phi) is 10.5. The van der Waals surface area contributed by atoms with Gasteiger partial charge < -0.3 is 14.5 Å². The topological polar surface area (TPSA) is 128 Å². The van der Waals surface area contributed by atoms with Crippen molar-refractivity contribution in [2.45, 2.75) is 93.7 Å². The van der Waals surface area contributed by atoms with E-state index in [4.69, 9.17) is 9.15 Å². The van der Waals surface area contributed by atoms with E-state index >= 15 is 0 Å². The summed E-state index contributed by atoms with van der Waals surface area (Å²) in [6, 6.07) is 11.9. The predicted octanol–water partition coefficient (Wildman–Crippen LogP) is 6.32. The minimum atomic E-state index is -4.03. The van der Waals surface area contributed by atoms with Crippen LogP contribution >= 0.6 is 0 Å². The van der Waals surface area contributed by atoms with Crippen LogP contribution in [-0.4, -0.2) is 44.0 Å². The summed E-state index contributed by atoms with van der Waals surface area (Å²) in [5.74, 6) is -0.554. The molecule has 3 aromatic rings. The number of sulfonamides is 1. The number of hydrogen-bond acceptors (Lipinski definition) is 7. The van der Waals surface area contributed by atoms with Crippen LogP contribution in [-0.2, 0) is 26.0 Å². The fourth-order valence-electron chi connectivity index (χ4n) is 7.41. The number of fused-ring (bicyclic) bond motifs is 2. The van der Waals surface area contributed by atoms with Gasteiger partial charge in [0.2, 0.25) is 5.89 Å². The monoisotopic (exact) mass is 663 g/mol. The summed E-state index contributed by atoms with van der Waals surface area (Å²) in [5, 5.41) is 2.97. The van der Waals surface area contributed by atoms with Crippen molar-refractivity contribution in [3.8, 4) is 0 Å². The lowest BCUT2D eigenvalue weighted by Crippen LogP contribution is -2.29. The van der Waals surface area contributed by atoms with E-state index in [2.05, 4.69) is 10.3 Å². The van der Waals surface area contributed by atoms with Crippen molar-refractivity contribution in [3.63, 3.8) is 0 Å². The van der Waals surface area contributed by atoms with Gasteiger partial charge in [0, 0.05) is 18.5 Å². The van der Waals surface area contributed by atoms with E-state index in [-0.39, 0.29) is 40.5 Å². The number of oxazole rings is 1.